The molecule has 0 spiro atoms. The van der Waals surface area contributed by atoms with Crippen molar-refractivity contribution in [2.45, 2.75) is 0 Å². The van der Waals surface area contributed by atoms with Crippen LogP contribution >= 0.6 is 10.8 Å². The summed E-state index contributed by atoms with van der Waals surface area (Å²) in [5.41, 5.74) is 0. The molecule has 1 aromatic rings. The Labute approximate surface area is 144 Å². The molecule has 1 aromatic carbocycles. The molecular formula is C12H11F5O6S2. The predicted molar refractivity (Wildman–Crippen MR) is 76.7 cm³/mol. The first kappa shape index (κ1) is 21.8. The Hall–Kier alpha value is -1.28. The van der Waals surface area contributed by atoms with Crippen LogP contribution in [-0.2, 0) is 24.4 Å². The number of rotatable bonds is 10. The van der Waals surface area contributed by atoms with Crippen LogP contribution in [0.4, 0.5) is 22.0 Å². The molecule has 0 aromatic heterocycles. The number of ether oxygens (including phenoxy) is 3. The molecule has 1 unspecified atom stereocenters. The molecule has 0 heterocycles. The average molecular weight is 410 g/mol. The molecule has 0 aliphatic carbocycles. The SMILES string of the molecule is O=C(COCCOCCSS(=O)O)Oc1c(F)c(F)c(F)c(F)c1F. The molecule has 6 nitrogen and oxygen atoms in total. The van der Waals surface area contributed by atoms with Crippen molar-refractivity contribution >= 4 is 26.9 Å². The van der Waals surface area contributed by atoms with E-state index in [0.29, 0.717) is 0 Å². The van der Waals surface area contributed by atoms with Crippen LogP contribution in [0.15, 0.2) is 0 Å². The van der Waals surface area contributed by atoms with Gasteiger partial charge in [-0.15, -0.1) is 0 Å². The minimum Gasteiger partial charge on any atom is -0.418 e. The highest BCUT2D eigenvalue weighted by Crippen LogP contribution is 2.29. The lowest BCUT2D eigenvalue weighted by Gasteiger charge is -2.09. The van der Waals surface area contributed by atoms with Gasteiger partial charge < -0.3 is 14.2 Å². The standard InChI is InChI=1S/C12H11F5O6S2/c13-7-8(14)10(16)12(11(17)9(7)15)23-6(18)5-22-2-1-21-3-4-24-25(19)20/h1-5H2,(H,19,20). The van der Waals surface area contributed by atoms with Crippen molar-refractivity contribution in [2.75, 3.05) is 32.2 Å². The van der Waals surface area contributed by atoms with E-state index in [1.165, 1.54) is 0 Å². The topological polar surface area (TPSA) is 82.1 Å². The van der Waals surface area contributed by atoms with Gasteiger partial charge in [0.1, 0.15) is 6.61 Å². The Bertz CT molecular complexity index is 616. The fourth-order valence-electron chi connectivity index (χ4n) is 1.36. The highest BCUT2D eigenvalue weighted by Gasteiger charge is 2.28. The third-order valence-corrected chi connectivity index (χ3v) is 4.03. The van der Waals surface area contributed by atoms with E-state index in [4.69, 9.17) is 14.0 Å². The highest BCUT2D eigenvalue weighted by atomic mass is 33.1. The van der Waals surface area contributed by atoms with Crippen LogP contribution in [0.3, 0.4) is 0 Å². The van der Waals surface area contributed by atoms with E-state index in [0.717, 1.165) is 10.8 Å². The molecule has 0 aliphatic heterocycles. The second kappa shape index (κ2) is 10.7. The third kappa shape index (κ3) is 6.86. The van der Waals surface area contributed by atoms with Crippen molar-refractivity contribution in [1.29, 1.82) is 0 Å². The molecule has 1 rings (SSSR count). The number of halogens is 5. The zero-order valence-electron chi connectivity index (χ0n) is 12.2. The zero-order chi connectivity index (χ0) is 19.0. The molecule has 1 atom stereocenters. The van der Waals surface area contributed by atoms with Gasteiger partial charge in [-0.25, -0.2) is 22.2 Å². The zero-order valence-corrected chi connectivity index (χ0v) is 13.9. The van der Waals surface area contributed by atoms with Crippen LogP contribution < -0.4 is 4.74 Å². The first-order valence-electron chi connectivity index (χ1n) is 6.37. The lowest BCUT2D eigenvalue weighted by atomic mass is 10.2. The maximum absolute atomic E-state index is 13.3. The minimum absolute atomic E-state index is 0.00553. The summed E-state index contributed by atoms with van der Waals surface area (Å²) < 4.78 is 97.8. The summed E-state index contributed by atoms with van der Waals surface area (Å²) in [5, 5.41) is 0. The first-order valence-corrected chi connectivity index (χ1v) is 8.98. The Morgan fingerprint density at radius 3 is 2.00 bits per heavy atom. The third-order valence-electron chi connectivity index (χ3n) is 2.39. The van der Waals surface area contributed by atoms with E-state index in [1.807, 2.05) is 0 Å². The molecule has 1 N–H and O–H groups in total. The number of carbonyl (C=O) groups excluding carboxylic acids is 1. The van der Waals surface area contributed by atoms with Gasteiger partial charge in [0.25, 0.3) is 0 Å². The smallest absolute Gasteiger partial charge is 0.337 e. The van der Waals surface area contributed by atoms with E-state index < -0.39 is 57.5 Å². The van der Waals surface area contributed by atoms with Crippen molar-refractivity contribution < 1.29 is 49.7 Å². The van der Waals surface area contributed by atoms with Crippen LogP contribution in [0, 0.1) is 29.1 Å². The minimum atomic E-state index is -2.37. The monoisotopic (exact) mass is 410 g/mol. The van der Waals surface area contributed by atoms with Crippen molar-refractivity contribution in [1.82, 2.24) is 0 Å². The quantitative estimate of drug-likeness (QED) is 0.0926. The first-order chi connectivity index (χ1) is 11.8. The van der Waals surface area contributed by atoms with Crippen LogP contribution in [-0.4, -0.2) is 46.9 Å². The molecule has 142 valence electrons. The normalized spacial score (nSPS) is 12.2. The fourth-order valence-corrected chi connectivity index (χ4v) is 2.32. The summed E-state index contributed by atoms with van der Waals surface area (Å²) in [6, 6.07) is 0. The number of carbonyl (C=O) groups is 1. The maximum Gasteiger partial charge on any atom is 0.337 e. The maximum atomic E-state index is 13.3. The summed E-state index contributed by atoms with van der Waals surface area (Å²) in [7, 11) is -1.27. The predicted octanol–water partition coefficient (Wildman–Crippen LogP) is 2.19. The van der Waals surface area contributed by atoms with E-state index in [2.05, 4.69) is 4.74 Å². The molecule has 0 fully saturated rings. The number of benzene rings is 1. The molecule has 0 radical (unpaired) electrons. The van der Waals surface area contributed by atoms with Crippen LogP contribution in [0.2, 0.25) is 0 Å². The van der Waals surface area contributed by atoms with Crippen LogP contribution in [0.5, 0.6) is 5.75 Å². The number of esters is 1. The molecular weight excluding hydrogens is 399 g/mol. The van der Waals surface area contributed by atoms with E-state index in [9.17, 15) is 31.0 Å². The average Bonchev–Trinajstić information content (AvgIpc) is 2.57. The van der Waals surface area contributed by atoms with E-state index >= 15 is 0 Å². The number of hydrogen-bond donors (Lipinski definition) is 1. The lowest BCUT2D eigenvalue weighted by molar-refractivity contribution is -0.140. The number of hydrogen-bond acceptors (Lipinski definition) is 6. The molecule has 0 saturated carbocycles. The molecule has 0 aliphatic rings. The van der Waals surface area contributed by atoms with Gasteiger partial charge in [-0.05, 0) is 10.8 Å². The van der Waals surface area contributed by atoms with Gasteiger partial charge in [0.05, 0.1) is 19.8 Å². The van der Waals surface area contributed by atoms with Gasteiger partial charge in [0.2, 0.25) is 44.9 Å². The fraction of sp³-hybridized carbons (Fsp3) is 0.417. The van der Waals surface area contributed by atoms with Gasteiger partial charge in [0, 0.05) is 5.75 Å². The van der Waals surface area contributed by atoms with Gasteiger partial charge in [-0.2, -0.15) is 8.78 Å². The molecule has 0 saturated heterocycles. The summed E-state index contributed by atoms with van der Waals surface area (Å²) >= 11 is 0. The summed E-state index contributed by atoms with van der Waals surface area (Å²) in [6.07, 6.45) is 0. The van der Waals surface area contributed by atoms with Gasteiger partial charge >= 0.3 is 5.97 Å². The van der Waals surface area contributed by atoms with Crippen LogP contribution in [0.25, 0.3) is 0 Å². The Balaban J connectivity index is 2.37. The highest BCUT2D eigenvalue weighted by molar-refractivity contribution is 8.67. The lowest BCUT2D eigenvalue weighted by Crippen LogP contribution is -2.20. The van der Waals surface area contributed by atoms with Gasteiger partial charge in [0.15, 0.2) is 0 Å². The van der Waals surface area contributed by atoms with Crippen LogP contribution in [0.1, 0.15) is 0 Å². The van der Waals surface area contributed by atoms with Crippen molar-refractivity contribution in [3.05, 3.63) is 29.1 Å². The van der Waals surface area contributed by atoms with Crippen molar-refractivity contribution in [2.24, 2.45) is 0 Å². The van der Waals surface area contributed by atoms with Crippen molar-refractivity contribution in [3.63, 3.8) is 0 Å². The van der Waals surface area contributed by atoms with Crippen molar-refractivity contribution in [3.8, 4) is 5.75 Å². The second-order valence-electron chi connectivity index (χ2n) is 4.08. The Morgan fingerprint density at radius 2 is 1.44 bits per heavy atom. The van der Waals surface area contributed by atoms with E-state index in [-0.39, 0.29) is 25.6 Å². The molecule has 25 heavy (non-hydrogen) atoms. The Kier molecular flexibility index (Phi) is 9.27. The second-order valence-corrected chi connectivity index (χ2v) is 6.72. The summed E-state index contributed by atoms with van der Waals surface area (Å²) in [5.74, 6) is -14.2. The largest absolute Gasteiger partial charge is 0.418 e. The molecule has 13 heteroatoms. The van der Waals surface area contributed by atoms with Gasteiger partial charge in [-0.1, -0.05) is 0 Å². The van der Waals surface area contributed by atoms with E-state index in [1.54, 1.807) is 0 Å². The van der Waals surface area contributed by atoms with Gasteiger partial charge in [-0.3, -0.25) is 4.55 Å². The molecule has 0 bridgehead atoms. The molecule has 0 amide bonds. The summed E-state index contributed by atoms with van der Waals surface area (Å²) in [4.78, 5) is 11.3. The summed E-state index contributed by atoms with van der Waals surface area (Å²) in [6.45, 7) is -0.832. The Morgan fingerprint density at radius 1 is 0.920 bits per heavy atom.